The third-order valence-corrected chi connectivity index (χ3v) is 3.50. The van der Waals surface area contributed by atoms with E-state index in [1.165, 1.54) is 0 Å². The van der Waals surface area contributed by atoms with E-state index in [1.807, 2.05) is 54.6 Å². The van der Waals surface area contributed by atoms with E-state index < -0.39 is 0 Å². The molecule has 3 aromatic rings. The number of benzene rings is 2. The Morgan fingerprint density at radius 2 is 1.72 bits per heavy atom. The summed E-state index contributed by atoms with van der Waals surface area (Å²) in [6.45, 7) is 0.421. The molecule has 3 rings (SSSR count). The highest BCUT2D eigenvalue weighted by atomic mass is 16.5. The smallest absolute Gasteiger partial charge is 0.271 e. The second kappa shape index (κ2) is 8.40. The number of carbonyl (C=O) groups excluding carboxylic acids is 1. The van der Waals surface area contributed by atoms with Crippen molar-refractivity contribution in [3.05, 3.63) is 95.8 Å². The third kappa shape index (κ3) is 4.75. The van der Waals surface area contributed by atoms with Crippen LogP contribution < -0.4 is 10.2 Å². The molecule has 0 aliphatic heterocycles. The van der Waals surface area contributed by atoms with E-state index in [9.17, 15) is 4.79 Å². The Hall–Kier alpha value is -3.47. The van der Waals surface area contributed by atoms with Crippen molar-refractivity contribution in [3.63, 3.8) is 0 Å². The second-order valence-corrected chi connectivity index (χ2v) is 5.24. The first kappa shape index (κ1) is 16.4. The zero-order valence-corrected chi connectivity index (χ0v) is 13.5. The van der Waals surface area contributed by atoms with Gasteiger partial charge in [0.15, 0.2) is 0 Å². The highest BCUT2D eigenvalue weighted by molar-refractivity contribution is 5.94. The molecule has 2 aromatic carbocycles. The molecule has 0 saturated heterocycles. The number of rotatable bonds is 6. The second-order valence-electron chi connectivity index (χ2n) is 5.24. The number of amides is 1. The molecule has 0 bridgehead atoms. The lowest BCUT2D eigenvalue weighted by atomic mass is 10.1. The van der Waals surface area contributed by atoms with E-state index >= 15 is 0 Å². The Bertz CT molecular complexity index is 849. The number of nitrogens with zero attached hydrogens (tertiary/aromatic N) is 2. The van der Waals surface area contributed by atoms with Gasteiger partial charge in [0.05, 0.1) is 6.21 Å². The monoisotopic (exact) mass is 331 g/mol. The normalized spacial score (nSPS) is 10.6. The number of nitrogens with one attached hydrogen (secondary N) is 1. The van der Waals surface area contributed by atoms with Crippen molar-refractivity contribution in [2.45, 2.75) is 6.61 Å². The van der Waals surface area contributed by atoms with Crippen LogP contribution in [0.2, 0.25) is 0 Å². The van der Waals surface area contributed by atoms with Crippen molar-refractivity contribution in [2.75, 3.05) is 0 Å². The van der Waals surface area contributed by atoms with Crippen LogP contribution in [0, 0.1) is 0 Å². The molecule has 0 aliphatic rings. The van der Waals surface area contributed by atoms with Crippen molar-refractivity contribution >= 4 is 12.1 Å². The van der Waals surface area contributed by atoms with Crippen LogP contribution >= 0.6 is 0 Å². The minimum absolute atomic E-state index is 0.281. The van der Waals surface area contributed by atoms with Crippen molar-refractivity contribution in [2.24, 2.45) is 5.10 Å². The summed E-state index contributed by atoms with van der Waals surface area (Å²) in [4.78, 5) is 15.8. The molecule has 0 radical (unpaired) electrons. The molecule has 1 aromatic heterocycles. The molecule has 0 spiro atoms. The summed E-state index contributed by atoms with van der Waals surface area (Å²) in [5, 5.41) is 4.03. The maximum Gasteiger partial charge on any atom is 0.271 e. The summed E-state index contributed by atoms with van der Waals surface area (Å²) in [5.41, 5.74) is 4.88. The lowest BCUT2D eigenvalue weighted by Crippen LogP contribution is -2.17. The summed E-state index contributed by atoms with van der Waals surface area (Å²) < 4.78 is 5.77. The van der Waals surface area contributed by atoms with Crippen LogP contribution in [0.4, 0.5) is 0 Å². The number of aromatic nitrogens is 1. The average molecular weight is 331 g/mol. The van der Waals surface area contributed by atoms with Gasteiger partial charge in [0.25, 0.3) is 5.91 Å². The van der Waals surface area contributed by atoms with Crippen molar-refractivity contribution < 1.29 is 9.53 Å². The van der Waals surface area contributed by atoms with Gasteiger partial charge in [-0.2, -0.15) is 5.10 Å². The Balaban J connectivity index is 1.63. The molecule has 25 heavy (non-hydrogen) atoms. The topological polar surface area (TPSA) is 63.6 Å². The van der Waals surface area contributed by atoms with Gasteiger partial charge < -0.3 is 4.74 Å². The van der Waals surface area contributed by atoms with Gasteiger partial charge in [0, 0.05) is 23.5 Å². The minimum atomic E-state index is -0.281. The van der Waals surface area contributed by atoms with Crippen molar-refractivity contribution in [1.82, 2.24) is 10.4 Å². The molecular formula is C20H17N3O2. The van der Waals surface area contributed by atoms with E-state index in [0.29, 0.717) is 12.2 Å². The van der Waals surface area contributed by atoms with Crippen LogP contribution in [0.15, 0.2) is 84.2 Å². The van der Waals surface area contributed by atoms with Gasteiger partial charge in [-0.25, -0.2) is 5.43 Å². The SMILES string of the molecule is O=C(N/N=C\c1ccccc1COc1ccccc1)c1ccncc1. The fraction of sp³-hybridized carbons (Fsp3) is 0.0500. The zero-order valence-electron chi connectivity index (χ0n) is 13.5. The predicted molar refractivity (Wildman–Crippen MR) is 96.5 cm³/mol. The maximum absolute atomic E-state index is 12.0. The van der Waals surface area contributed by atoms with Crippen LogP contribution in [0.5, 0.6) is 5.75 Å². The Kier molecular flexibility index (Phi) is 5.51. The van der Waals surface area contributed by atoms with Crippen LogP contribution in [0.25, 0.3) is 0 Å². The molecule has 1 N–H and O–H groups in total. The highest BCUT2D eigenvalue weighted by Gasteiger charge is 2.03. The van der Waals surface area contributed by atoms with E-state index in [-0.39, 0.29) is 5.91 Å². The Morgan fingerprint density at radius 1 is 1.00 bits per heavy atom. The lowest BCUT2D eigenvalue weighted by molar-refractivity contribution is 0.0955. The molecule has 0 unspecified atom stereocenters. The van der Waals surface area contributed by atoms with Gasteiger partial charge >= 0.3 is 0 Å². The molecule has 1 heterocycles. The number of hydrogen-bond acceptors (Lipinski definition) is 4. The molecule has 0 atom stereocenters. The fourth-order valence-corrected chi connectivity index (χ4v) is 2.20. The van der Waals surface area contributed by atoms with Crippen molar-refractivity contribution in [3.8, 4) is 5.75 Å². The van der Waals surface area contributed by atoms with Gasteiger partial charge in [-0.1, -0.05) is 42.5 Å². The Labute approximate surface area is 146 Å². The number of ether oxygens (including phenoxy) is 1. The summed E-state index contributed by atoms with van der Waals surface area (Å²) in [7, 11) is 0. The van der Waals surface area contributed by atoms with Gasteiger partial charge in [0.1, 0.15) is 12.4 Å². The molecule has 5 nitrogen and oxygen atoms in total. The molecule has 124 valence electrons. The third-order valence-electron chi connectivity index (χ3n) is 3.50. The molecule has 1 amide bonds. The lowest BCUT2D eigenvalue weighted by Gasteiger charge is -2.08. The van der Waals surface area contributed by atoms with E-state index in [0.717, 1.165) is 16.9 Å². The molecule has 5 heteroatoms. The van der Waals surface area contributed by atoms with E-state index in [4.69, 9.17) is 4.74 Å². The summed E-state index contributed by atoms with van der Waals surface area (Å²) in [5.74, 6) is 0.525. The Morgan fingerprint density at radius 3 is 2.52 bits per heavy atom. The summed E-state index contributed by atoms with van der Waals surface area (Å²) in [6.07, 6.45) is 4.74. The van der Waals surface area contributed by atoms with Crippen LogP contribution in [0.3, 0.4) is 0 Å². The minimum Gasteiger partial charge on any atom is -0.489 e. The van der Waals surface area contributed by atoms with Gasteiger partial charge in [-0.05, 0) is 29.8 Å². The first-order valence-corrected chi connectivity index (χ1v) is 7.82. The van der Waals surface area contributed by atoms with Crippen molar-refractivity contribution in [1.29, 1.82) is 0 Å². The molecule has 0 aliphatic carbocycles. The number of hydrazone groups is 1. The van der Waals surface area contributed by atoms with E-state index in [1.54, 1.807) is 30.7 Å². The van der Waals surface area contributed by atoms with Crippen LogP contribution in [0.1, 0.15) is 21.5 Å². The number of para-hydroxylation sites is 1. The summed E-state index contributed by atoms with van der Waals surface area (Å²) >= 11 is 0. The predicted octanol–water partition coefficient (Wildman–Crippen LogP) is 3.42. The van der Waals surface area contributed by atoms with Gasteiger partial charge in [0.2, 0.25) is 0 Å². The van der Waals surface area contributed by atoms with Gasteiger partial charge in [-0.3, -0.25) is 9.78 Å². The number of pyridine rings is 1. The standard InChI is InChI=1S/C20H17N3O2/c24-20(16-10-12-21-13-11-16)23-22-14-17-6-4-5-7-18(17)15-25-19-8-2-1-3-9-19/h1-14H,15H2,(H,23,24)/b22-14-. The first-order valence-electron chi connectivity index (χ1n) is 7.82. The molecule has 0 saturated carbocycles. The van der Waals surface area contributed by atoms with Gasteiger partial charge in [-0.15, -0.1) is 0 Å². The number of carbonyl (C=O) groups is 1. The maximum atomic E-state index is 12.0. The largest absolute Gasteiger partial charge is 0.489 e. The van der Waals surface area contributed by atoms with Crippen LogP contribution in [-0.4, -0.2) is 17.1 Å². The quantitative estimate of drug-likeness (QED) is 0.556. The zero-order chi connectivity index (χ0) is 17.3. The highest BCUT2D eigenvalue weighted by Crippen LogP contribution is 2.13. The summed E-state index contributed by atoms with van der Waals surface area (Å²) in [6, 6.07) is 20.6. The first-order chi connectivity index (χ1) is 12.3. The van der Waals surface area contributed by atoms with Crippen LogP contribution in [-0.2, 0) is 6.61 Å². The molecule has 0 fully saturated rings. The fourth-order valence-electron chi connectivity index (χ4n) is 2.20. The number of hydrogen-bond donors (Lipinski definition) is 1. The molecular weight excluding hydrogens is 314 g/mol. The van der Waals surface area contributed by atoms with E-state index in [2.05, 4.69) is 15.5 Å². The average Bonchev–Trinajstić information content (AvgIpc) is 2.68.